The van der Waals surface area contributed by atoms with Gasteiger partial charge in [0.2, 0.25) is 17.6 Å². The van der Waals surface area contributed by atoms with Gasteiger partial charge in [-0.25, -0.2) is 4.98 Å². The molecule has 1 atom stereocenters. The Morgan fingerprint density at radius 2 is 2.00 bits per heavy atom. The van der Waals surface area contributed by atoms with Crippen molar-refractivity contribution in [2.75, 3.05) is 11.4 Å². The van der Waals surface area contributed by atoms with E-state index in [1.807, 2.05) is 41.6 Å². The summed E-state index contributed by atoms with van der Waals surface area (Å²) in [4.78, 5) is 23.5. The smallest absolute Gasteiger partial charge is 0.232 e. The molecule has 7 nitrogen and oxygen atoms in total. The average Bonchev–Trinajstić information content (AvgIpc) is 3.47. The lowest BCUT2D eigenvalue weighted by Gasteiger charge is -2.17. The summed E-state index contributed by atoms with van der Waals surface area (Å²) in [6, 6.07) is 12.1. The highest BCUT2D eigenvalue weighted by atomic mass is 16.5. The Hall–Kier alpha value is -3.48. The van der Waals surface area contributed by atoms with Crippen molar-refractivity contribution < 1.29 is 9.32 Å². The maximum absolute atomic E-state index is 12.6. The second-order valence-electron chi connectivity index (χ2n) is 7.86. The molecule has 1 fully saturated rings. The van der Waals surface area contributed by atoms with Gasteiger partial charge in [0.25, 0.3) is 0 Å². The van der Waals surface area contributed by atoms with E-state index in [9.17, 15) is 4.79 Å². The highest BCUT2D eigenvalue weighted by molar-refractivity contribution is 5.96. The fourth-order valence-electron chi connectivity index (χ4n) is 3.99. The molecule has 4 aromatic rings. The first-order valence-electron chi connectivity index (χ1n) is 10.2. The zero-order valence-electron chi connectivity index (χ0n) is 17.3. The number of amides is 1. The monoisotopic (exact) mass is 401 g/mol. The lowest BCUT2D eigenvalue weighted by Crippen LogP contribution is -2.24. The van der Waals surface area contributed by atoms with Gasteiger partial charge in [-0.15, -0.1) is 0 Å². The van der Waals surface area contributed by atoms with Gasteiger partial charge in [-0.2, -0.15) is 4.98 Å². The molecule has 5 rings (SSSR count). The van der Waals surface area contributed by atoms with Crippen LogP contribution in [0.5, 0.6) is 0 Å². The number of imidazole rings is 1. The summed E-state index contributed by atoms with van der Waals surface area (Å²) < 4.78 is 7.64. The third-order valence-electron chi connectivity index (χ3n) is 5.94. The summed E-state index contributed by atoms with van der Waals surface area (Å²) in [7, 11) is 0. The van der Waals surface area contributed by atoms with Gasteiger partial charge >= 0.3 is 0 Å². The minimum atomic E-state index is -0.108. The van der Waals surface area contributed by atoms with Gasteiger partial charge in [0.05, 0.1) is 23.3 Å². The lowest BCUT2D eigenvalue weighted by atomic mass is 10.1. The first-order chi connectivity index (χ1) is 14.5. The number of benzene rings is 2. The summed E-state index contributed by atoms with van der Waals surface area (Å²) in [5.41, 5.74) is 6.14. The van der Waals surface area contributed by atoms with Crippen LogP contribution in [0.3, 0.4) is 0 Å². The number of anilines is 1. The van der Waals surface area contributed by atoms with Crippen LogP contribution in [0.1, 0.15) is 36.3 Å². The Morgan fingerprint density at radius 1 is 1.13 bits per heavy atom. The number of carbonyl (C=O) groups excluding carboxylic acids is 1. The van der Waals surface area contributed by atoms with Gasteiger partial charge < -0.3 is 14.0 Å². The first-order valence-corrected chi connectivity index (χ1v) is 10.2. The van der Waals surface area contributed by atoms with Crippen LogP contribution >= 0.6 is 0 Å². The van der Waals surface area contributed by atoms with Crippen LogP contribution in [0.15, 0.2) is 47.2 Å². The molecule has 2 aromatic heterocycles. The fraction of sp³-hybridized carbons (Fsp3) is 0.304. The van der Waals surface area contributed by atoms with Crippen molar-refractivity contribution in [1.82, 2.24) is 19.7 Å². The molecule has 1 saturated heterocycles. The van der Waals surface area contributed by atoms with E-state index in [0.29, 0.717) is 24.7 Å². The normalized spacial score (nSPS) is 16.7. The molecule has 1 amide bonds. The highest BCUT2D eigenvalue weighted by Gasteiger charge is 2.35. The molecule has 152 valence electrons. The first kappa shape index (κ1) is 18.5. The zero-order valence-corrected chi connectivity index (χ0v) is 17.3. The molecule has 0 bridgehead atoms. The molecule has 3 heterocycles. The lowest BCUT2D eigenvalue weighted by molar-refractivity contribution is -0.117. The molecule has 0 aliphatic carbocycles. The summed E-state index contributed by atoms with van der Waals surface area (Å²) in [6.45, 7) is 7.63. The van der Waals surface area contributed by atoms with Crippen molar-refractivity contribution in [1.29, 1.82) is 0 Å². The van der Waals surface area contributed by atoms with E-state index in [0.717, 1.165) is 28.8 Å². The van der Waals surface area contributed by atoms with E-state index in [2.05, 4.69) is 46.5 Å². The van der Waals surface area contributed by atoms with Crippen LogP contribution < -0.4 is 4.90 Å². The van der Waals surface area contributed by atoms with Crippen LogP contribution in [0, 0.1) is 13.8 Å². The van der Waals surface area contributed by atoms with Crippen molar-refractivity contribution in [3.8, 4) is 11.4 Å². The number of fused-ring (bicyclic) bond motifs is 1. The summed E-state index contributed by atoms with van der Waals surface area (Å²) in [5, 5.41) is 4.16. The number of aromatic nitrogens is 4. The van der Waals surface area contributed by atoms with Gasteiger partial charge in [0, 0.05) is 30.8 Å². The van der Waals surface area contributed by atoms with E-state index < -0.39 is 0 Å². The Labute approximate surface area is 174 Å². The molecule has 0 unspecified atom stereocenters. The van der Waals surface area contributed by atoms with Crippen molar-refractivity contribution >= 4 is 22.6 Å². The molecule has 30 heavy (non-hydrogen) atoms. The Kier molecular flexibility index (Phi) is 4.38. The highest BCUT2D eigenvalue weighted by Crippen LogP contribution is 2.33. The largest absolute Gasteiger partial charge is 0.339 e. The van der Waals surface area contributed by atoms with Gasteiger partial charge in [-0.1, -0.05) is 11.2 Å². The number of hydrogen-bond donors (Lipinski definition) is 0. The van der Waals surface area contributed by atoms with E-state index in [-0.39, 0.29) is 11.8 Å². The van der Waals surface area contributed by atoms with E-state index >= 15 is 0 Å². The SMILES string of the molecule is CCn1cnc2cc(-c3noc([C@@H]4CC(=O)N(c5ccc(C)c(C)c5)C4)n3)ccc21. The second kappa shape index (κ2) is 7.09. The molecule has 7 heteroatoms. The quantitative estimate of drug-likeness (QED) is 0.511. The zero-order chi connectivity index (χ0) is 20.8. The Morgan fingerprint density at radius 3 is 2.80 bits per heavy atom. The van der Waals surface area contributed by atoms with E-state index in [1.165, 1.54) is 11.1 Å². The molecule has 0 N–H and O–H groups in total. The maximum Gasteiger partial charge on any atom is 0.232 e. The van der Waals surface area contributed by atoms with Crippen molar-refractivity contribution in [2.24, 2.45) is 0 Å². The second-order valence-corrected chi connectivity index (χ2v) is 7.86. The minimum Gasteiger partial charge on any atom is -0.339 e. The number of aryl methyl sites for hydroxylation is 3. The summed E-state index contributed by atoms with van der Waals surface area (Å²) in [5.74, 6) is 0.997. The minimum absolute atomic E-state index is 0.0783. The number of nitrogens with zero attached hydrogens (tertiary/aromatic N) is 5. The maximum atomic E-state index is 12.6. The van der Waals surface area contributed by atoms with Crippen molar-refractivity contribution in [2.45, 2.75) is 39.7 Å². The molecular weight excluding hydrogens is 378 g/mol. The Bertz CT molecular complexity index is 1260. The third-order valence-corrected chi connectivity index (χ3v) is 5.94. The van der Waals surface area contributed by atoms with E-state index in [4.69, 9.17) is 4.52 Å². The van der Waals surface area contributed by atoms with Gasteiger partial charge in [-0.3, -0.25) is 4.79 Å². The van der Waals surface area contributed by atoms with Gasteiger partial charge in [0.1, 0.15) is 0 Å². The van der Waals surface area contributed by atoms with Crippen molar-refractivity contribution in [3.63, 3.8) is 0 Å². The number of hydrogen-bond acceptors (Lipinski definition) is 5. The fourth-order valence-corrected chi connectivity index (χ4v) is 3.99. The summed E-state index contributed by atoms with van der Waals surface area (Å²) >= 11 is 0. The third kappa shape index (κ3) is 3.07. The van der Waals surface area contributed by atoms with Gasteiger partial charge in [-0.05, 0) is 62.2 Å². The molecule has 2 aromatic carbocycles. The van der Waals surface area contributed by atoms with Crippen LogP contribution in [0.25, 0.3) is 22.4 Å². The number of carbonyl (C=O) groups is 1. The molecule has 0 saturated carbocycles. The van der Waals surface area contributed by atoms with Crippen LogP contribution in [0.4, 0.5) is 5.69 Å². The van der Waals surface area contributed by atoms with Crippen LogP contribution in [-0.4, -0.2) is 32.1 Å². The van der Waals surface area contributed by atoms with Crippen molar-refractivity contribution in [3.05, 3.63) is 59.7 Å². The number of rotatable bonds is 4. The molecule has 0 radical (unpaired) electrons. The average molecular weight is 401 g/mol. The topological polar surface area (TPSA) is 77.0 Å². The molecule has 0 spiro atoms. The van der Waals surface area contributed by atoms with Crippen LogP contribution in [-0.2, 0) is 11.3 Å². The molecule has 1 aliphatic rings. The Balaban J connectivity index is 1.39. The standard InChI is InChI=1S/C23H23N5O2/c1-4-27-13-24-19-10-16(6-8-20(19)27)22-25-23(30-26-22)17-11-21(29)28(12-17)18-7-5-14(2)15(3)9-18/h5-10,13,17H,4,11-12H2,1-3H3/t17-/m1/s1. The van der Waals surface area contributed by atoms with E-state index in [1.54, 1.807) is 0 Å². The molecular formula is C23H23N5O2. The predicted molar refractivity (Wildman–Crippen MR) is 114 cm³/mol. The predicted octanol–water partition coefficient (Wildman–Crippen LogP) is 4.24. The summed E-state index contributed by atoms with van der Waals surface area (Å²) in [6.07, 6.45) is 2.20. The molecule has 1 aliphatic heterocycles. The van der Waals surface area contributed by atoms with Crippen LogP contribution in [0.2, 0.25) is 0 Å². The van der Waals surface area contributed by atoms with Gasteiger partial charge in [0.15, 0.2) is 0 Å².